The Balaban J connectivity index is 1.67. The van der Waals surface area contributed by atoms with Crippen LogP contribution in [0.3, 0.4) is 0 Å². The summed E-state index contributed by atoms with van der Waals surface area (Å²) in [7, 11) is 0. The lowest BCUT2D eigenvalue weighted by Crippen LogP contribution is -1.97. The van der Waals surface area contributed by atoms with E-state index in [9.17, 15) is 0 Å². The Bertz CT molecular complexity index is 934. The van der Waals surface area contributed by atoms with Gasteiger partial charge in [-0.15, -0.1) is 0 Å². The molecule has 118 valence electrons. The van der Waals surface area contributed by atoms with Gasteiger partial charge in [0, 0.05) is 0 Å². The van der Waals surface area contributed by atoms with Gasteiger partial charge in [0.25, 0.3) is 0 Å². The van der Waals surface area contributed by atoms with Crippen LogP contribution in [0.2, 0.25) is 0 Å². The predicted molar refractivity (Wildman–Crippen MR) is 103 cm³/mol. The van der Waals surface area contributed by atoms with Crippen molar-refractivity contribution in [1.82, 2.24) is 0 Å². The molecule has 0 heteroatoms. The lowest BCUT2D eigenvalue weighted by atomic mass is 9.93. The molecule has 0 bridgehead atoms. The molecule has 5 rings (SSSR count). The Morgan fingerprint density at radius 3 is 2.38 bits per heavy atom. The second kappa shape index (κ2) is 5.63. The topological polar surface area (TPSA) is 0 Å². The Morgan fingerprint density at radius 2 is 1.46 bits per heavy atom. The van der Waals surface area contributed by atoms with Crippen molar-refractivity contribution in [2.75, 3.05) is 0 Å². The highest BCUT2D eigenvalue weighted by molar-refractivity contribution is 5.99. The van der Waals surface area contributed by atoms with Gasteiger partial charge in [-0.2, -0.15) is 0 Å². The number of rotatable bonds is 2. The van der Waals surface area contributed by atoms with Gasteiger partial charge in [0.15, 0.2) is 0 Å². The van der Waals surface area contributed by atoms with E-state index < -0.39 is 0 Å². The number of fused-ring (bicyclic) bond motifs is 2. The summed E-state index contributed by atoms with van der Waals surface area (Å²) in [6.45, 7) is 0. The number of hydrogen-bond acceptors (Lipinski definition) is 0. The minimum Gasteiger partial charge on any atom is -0.0621 e. The smallest absolute Gasteiger partial charge is 0.00548 e. The second-order valence-corrected chi connectivity index (χ2v) is 7.28. The molecule has 0 atom stereocenters. The van der Waals surface area contributed by atoms with Gasteiger partial charge in [0.05, 0.1) is 0 Å². The molecule has 0 unspecified atom stereocenters. The summed E-state index contributed by atoms with van der Waals surface area (Å²) < 4.78 is 0. The molecule has 2 aliphatic carbocycles. The Morgan fingerprint density at radius 1 is 0.708 bits per heavy atom. The van der Waals surface area contributed by atoms with Crippen LogP contribution in [0.1, 0.15) is 36.8 Å². The van der Waals surface area contributed by atoms with E-state index in [1.807, 2.05) is 0 Å². The van der Waals surface area contributed by atoms with Crippen LogP contribution in [0.4, 0.5) is 0 Å². The molecule has 2 aliphatic rings. The SMILES string of the molecule is C1=C(C2CCCC2)Cc2cccc(-c3cccc4ccccc34)c21. The van der Waals surface area contributed by atoms with E-state index in [2.05, 4.69) is 66.7 Å². The molecule has 0 aliphatic heterocycles. The first-order chi connectivity index (χ1) is 11.9. The fourth-order valence-corrected chi connectivity index (χ4v) is 4.65. The van der Waals surface area contributed by atoms with Gasteiger partial charge in [0.2, 0.25) is 0 Å². The zero-order valence-corrected chi connectivity index (χ0v) is 14.0. The number of hydrogen-bond donors (Lipinski definition) is 0. The maximum atomic E-state index is 2.52. The van der Waals surface area contributed by atoms with Crippen LogP contribution in [0.25, 0.3) is 28.0 Å². The highest BCUT2D eigenvalue weighted by Gasteiger charge is 2.25. The van der Waals surface area contributed by atoms with E-state index in [0.29, 0.717) is 0 Å². The molecule has 24 heavy (non-hydrogen) atoms. The van der Waals surface area contributed by atoms with Crippen LogP contribution in [0, 0.1) is 5.92 Å². The molecule has 0 aromatic heterocycles. The lowest BCUT2D eigenvalue weighted by molar-refractivity contribution is 0.634. The molecular weight excluding hydrogens is 288 g/mol. The van der Waals surface area contributed by atoms with Crippen molar-refractivity contribution < 1.29 is 0 Å². The minimum atomic E-state index is 0.831. The fraction of sp³-hybridized carbons (Fsp3) is 0.250. The van der Waals surface area contributed by atoms with E-state index in [1.54, 1.807) is 5.57 Å². The largest absolute Gasteiger partial charge is 0.0621 e. The van der Waals surface area contributed by atoms with E-state index in [4.69, 9.17) is 0 Å². The summed E-state index contributed by atoms with van der Waals surface area (Å²) in [6.07, 6.45) is 9.29. The van der Waals surface area contributed by atoms with Gasteiger partial charge in [-0.1, -0.05) is 85.2 Å². The maximum Gasteiger partial charge on any atom is -0.00548 e. The van der Waals surface area contributed by atoms with Gasteiger partial charge in [-0.25, -0.2) is 0 Å². The quantitative estimate of drug-likeness (QED) is 0.498. The van der Waals surface area contributed by atoms with Crippen molar-refractivity contribution in [2.24, 2.45) is 5.92 Å². The molecule has 0 amide bonds. The summed E-state index contributed by atoms with van der Waals surface area (Å²) in [4.78, 5) is 0. The highest BCUT2D eigenvalue weighted by Crippen LogP contribution is 2.42. The van der Waals surface area contributed by atoms with E-state index in [0.717, 1.165) is 5.92 Å². The van der Waals surface area contributed by atoms with Crippen LogP contribution in [0.5, 0.6) is 0 Å². The molecule has 0 heterocycles. The minimum absolute atomic E-state index is 0.831. The highest BCUT2D eigenvalue weighted by atomic mass is 14.3. The monoisotopic (exact) mass is 310 g/mol. The summed E-state index contributed by atoms with van der Waals surface area (Å²) in [5.74, 6) is 0.831. The molecule has 0 spiro atoms. The van der Waals surface area contributed by atoms with Crippen LogP contribution in [-0.4, -0.2) is 0 Å². The van der Waals surface area contributed by atoms with E-state index >= 15 is 0 Å². The summed E-state index contributed by atoms with van der Waals surface area (Å²) in [5.41, 5.74) is 7.43. The summed E-state index contributed by atoms with van der Waals surface area (Å²) >= 11 is 0. The number of allylic oxidation sites excluding steroid dienone is 1. The lowest BCUT2D eigenvalue weighted by Gasteiger charge is -2.11. The predicted octanol–water partition coefficient (Wildman–Crippen LogP) is 6.64. The van der Waals surface area contributed by atoms with Crippen LogP contribution >= 0.6 is 0 Å². The van der Waals surface area contributed by atoms with Crippen molar-refractivity contribution in [1.29, 1.82) is 0 Å². The summed E-state index contributed by atoms with van der Waals surface area (Å²) in [5, 5.41) is 2.68. The molecule has 3 aromatic rings. The third kappa shape index (κ3) is 2.21. The Labute approximate surface area is 143 Å². The number of benzene rings is 3. The molecule has 0 nitrogen and oxygen atoms in total. The first-order valence-corrected chi connectivity index (χ1v) is 9.21. The third-order valence-electron chi connectivity index (χ3n) is 5.88. The van der Waals surface area contributed by atoms with Crippen LogP contribution in [-0.2, 0) is 6.42 Å². The van der Waals surface area contributed by atoms with Crippen molar-refractivity contribution in [3.63, 3.8) is 0 Å². The van der Waals surface area contributed by atoms with Gasteiger partial charge in [-0.05, 0) is 58.2 Å². The van der Waals surface area contributed by atoms with Crippen LogP contribution in [0.15, 0.2) is 66.2 Å². The Kier molecular flexibility index (Phi) is 3.29. The van der Waals surface area contributed by atoms with Gasteiger partial charge in [0.1, 0.15) is 0 Å². The second-order valence-electron chi connectivity index (χ2n) is 7.28. The van der Waals surface area contributed by atoms with Crippen molar-refractivity contribution >= 4 is 16.8 Å². The summed E-state index contributed by atoms with van der Waals surface area (Å²) in [6, 6.07) is 22.3. The zero-order chi connectivity index (χ0) is 15.9. The van der Waals surface area contributed by atoms with Crippen molar-refractivity contribution in [3.05, 3.63) is 77.4 Å². The third-order valence-corrected chi connectivity index (χ3v) is 5.88. The van der Waals surface area contributed by atoms with E-state index in [-0.39, 0.29) is 0 Å². The van der Waals surface area contributed by atoms with Gasteiger partial charge >= 0.3 is 0 Å². The molecule has 1 fully saturated rings. The molecule has 3 aromatic carbocycles. The molecule has 0 N–H and O–H groups in total. The molecule has 0 radical (unpaired) electrons. The van der Waals surface area contributed by atoms with Crippen LogP contribution < -0.4 is 0 Å². The van der Waals surface area contributed by atoms with Gasteiger partial charge < -0.3 is 0 Å². The first-order valence-electron chi connectivity index (χ1n) is 9.21. The fourth-order valence-electron chi connectivity index (χ4n) is 4.65. The standard InChI is InChI=1S/C24H22/c1-2-8-17(7-1)20-15-19-11-6-14-23(24(19)16-20)22-13-5-10-18-9-3-4-12-21(18)22/h3-6,9-14,16-17H,1-2,7-8,15H2. The normalized spacial score (nSPS) is 17.2. The van der Waals surface area contributed by atoms with E-state index in [1.165, 1.54) is 65.1 Å². The average molecular weight is 310 g/mol. The average Bonchev–Trinajstić information content (AvgIpc) is 3.30. The molecule has 1 saturated carbocycles. The Hall–Kier alpha value is -2.34. The molecule has 0 saturated heterocycles. The van der Waals surface area contributed by atoms with Crippen molar-refractivity contribution in [3.8, 4) is 11.1 Å². The van der Waals surface area contributed by atoms with Gasteiger partial charge in [-0.3, -0.25) is 0 Å². The maximum absolute atomic E-state index is 2.52. The zero-order valence-electron chi connectivity index (χ0n) is 14.0. The first kappa shape index (κ1) is 14.0. The van der Waals surface area contributed by atoms with Crippen molar-refractivity contribution in [2.45, 2.75) is 32.1 Å². The molecular formula is C24H22.